The average Bonchev–Trinajstić information content (AvgIpc) is 2.80. The molecule has 0 heterocycles. The highest BCUT2D eigenvalue weighted by molar-refractivity contribution is 7.99. The fourth-order valence-electron chi connectivity index (χ4n) is 3.34. The predicted octanol–water partition coefficient (Wildman–Crippen LogP) is 4.79. The van der Waals surface area contributed by atoms with Gasteiger partial charge in [-0.2, -0.15) is 0 Å². The van der Waals surface area contributed by atoms with E-state index in [1.807, 2.05) is 31.2 Å². The Morgan fingerprint density at radius 1 is 1.16 bits per heavy atom. The number of nitrogens with one attached hydrogen (secondary N) is 1. The lowest BCUT2D eigenvalue weighted by atomic mass is 10.1. The molecule has 0 saturated carbocycles. The second kappa shape index (κ2) is 13.8. The van der Waals surface area contributed by atoms with Gasteiger partial charge in [0, 0.05) is 18.8 Å². The quantitative estimate of drug-likeness (QED) is 0.437. The molecule has 1 N–H and O–H groups in total. The van der Waals surface area contributed by atoms with E-state index in [9.17, 15) is 14.0 Å². The van der Waals surface area contributed by atoms with E-state index in [0.29, 0.717) is 36.6 Å². The van der Waals surface area contributed by atoms with Crippen molar-refractivity contribution >= 4 is 23.6 Å². The van der Waals surface area contributed by atoms with Gasteiger partial charge in [-0.25, -0.2) is 4.39 Å². The van der Waals surface area contributed by atoms with Gasteiger partial charge in [0.15, 0.2) is 0 Å². The SMILES string of the molecule is CCCCNC(=O)[C@H](CC)N(Cc1cccc(OC)c1)C(=O)CSCc1ccccc1F. The maximum Gasteiger partial charge on any atom is 0.242 e. The van der Waals surface area contributed by atoms with Crippen LogP contribution in [0.2, 0.25) is 0 Å². The Morgan fingerprint density at radius 2 is 1.94 bits per heavy atom. The van der Waals surface area contributed by atoms with Crippen LogP contribution in [0.1, 0.15) is 44.2 Å². The molecule has 2 rings (SSSR count). The standard InChI is InChI=1S/C25H33FN2O3S/c1-4-6-14-27-25(30)23(5-2)28(16-19-10-9-12-21(15-19)31-3)24(29)18-32-17-20-11-7-8-13-22(20)26/h7-13,15,23H,4-6,14,16-18H2,1-3H3,(H,27,30)/t23-/m0/s1. The molecule has 2 aromatic carbocycles. The van der Waals surface area contributed by atoms with Crippen LogP contribution in [-0.4, -0.2) is 42.2 Å². The monoisotopic (exact) mass is 460 g/mol. The van der Waals surface area contributed by atoms with Gasteiger partial charge < -0.3 is 15.0 Å². The van der Waals surface area contributed by atoms with E-state index in [1.54, 1.807) is 30.2 Å². The van der Waals surface area contributed by atoms with Crippen molar-refractivity contribution in [2.75, 3.05) is 19.4 Å². The van der Waals surface area contributed by atoms with Crippen molar-refractivity contribution in [2.45, 2.75) is 51.4 Å². The van der Waals surface area contributed by atoms with Gasteiger partial charge in [-0.1, -0.05) is 50.6 Å². The molecule has 2 amide bonds. The third kappa shape index (κ3) is 7.86. The number of halogens is 1. The topological polar surface area (TPSA) is 58.6 Å². The van der Waals surface area contributed by atoms with Gasteiger partial charge in [0.25, 0.3) is 0 Å². The average molecular weight is 461 g/mol. The summed E-state index contributed by atoms with van der Waals surface area (Å²) in [4.78, 5) is 27.7. The number of carbonyl (C=O) groups is 2. The summed E-state index contributed by atoms with van der Waals surface area (Å²) in [5.41, 5.74) is 1.45. The van der Waals surface area contributed by atoms with Gasteiger partial charge >= 0.3 is 0 Å². The predicted molar refractivity (Wildman–Crippen MR) is 128 cm³/mol. The molecular formula is C25H33FN2O3S. The van der Waals surface area contributed by atoms with E-state index in [0.717, 1.165) is 18.4 Å². The summed E-state index contributed by atoms with van der Waals surface area (Å²) in [6.45, 7) is 4.86. The molecule has 1 atom stereocenters. The fraction of sp³-hybridized carbons (Fsp3) is 0.440. The molecule has 0 unspecified atom stereocenters. The van der Waals surface area contributed by atoms with E-state index in [-0.39, 0.29) is 23.4 Å². The first-order valence-corrected chi connectivity index (χ1v) is 12.2. The van der Waals surface area contributed by atoms with E-state index < -0.39 is 6.04 Å². The van der Waals surface area contributed by atoms with E-state index >= 15 is 0 Å². The molecule has 174 valence electrons. The summed E-state index contributed by atoms with van der Waals surface area (Å²) >= 11 is 1.35. The summed E-state index contributed by atoms with van der Waals surface area (Å²) < 4.78 is 19.2. The lowest BCUT2D eigenvalue weighted by Gasteiger charge is -2.30. The molecule has 0 aliphatic heterocycles. The van der Waals surface area contributed by atoms with Crippen LogP contribution >= 0.6 is 11.8 Å². The van der Waals surface area contributed by atoms with Gasteiger partial charge in [0.2, 0.25) is 11.8 Å². The van der Waals surface area contributed by atoms with Gasteiger partial charge in [0.05, 0.1) is 12.9 Å². The first-order valence-electron chi connectivity index (χ1n) is 11.0. The number of nitrogens with zero attached hydrogens (tertiary/aromatic N) is 1. The van der Waals surface area contributed by atoms with Crippen molar-refractivity contribution in [3.05, 3.63) is 65.5 Å². The summed E-state index contributed by atoms with van der Waals surface area (Å²) in [5, 5.41) is 2.95. The minimum atomic E-state index is -0.570. The number of thioether (sulfide) groups is 1. The molecule has 0 saturated heterocycles. The highest BCUT2D eigenvalue weighted by Gasteiger charge is 2.28. The Kier molecular flexibility index (Phi) is 11.1. The molecule has 2 aromatic rings. The first-order chi connectivity index (χ1) is 15.5. The Hall–Kier alpha value is -2.54. The summed E-state index contributed by atoms with van der Waals surface area (Å²) in [5.74, 6) is 0.691. The number of rotatable bonds is 13. The lowest BCUT2D eigenvalue weighted by molar-refractivity contribution is -0.139. The third-order valence-electron chi connectivity index (χ3n) is 5.14. The number of hydrogen-bond donors (Lipinski definition) is 1. The Morgan fingerprint density at radius 3 is 2.62 bits per heavy atom. The number of methoxy groups -OCH3 is 1. The molecule has 0 aromatic heterocycles. The van der Waals surface area contributed by atoms with Gasteiger partial charge in [-0.3, -0.25) is 9.59 Å². The number of amides is 2. The lowest BCUT2D eigenvalue weighted by Crippen LogP contribution is -2.49. The maximum atomic E-state index is 13.9. The van der Waals surface area contributed by atoms with Crippen LogP contribution in [0.15, 0.2) is 48.5 Å². The highest BCUT2D eigenvalue weighted by atomic mass is 32.2. The van der Waals surface area contributed by atoms with Crippen LogP contribution in [-0.2, 0) is 21.9 Å². The second-order valence-electron chi connectivity index (χ2n) is 7.53. The maximum absolute atomic E-state index is 13.9. The zero-order chi connectivity index (χ0) is 23.3. The van der Waals surface area contributed by atoms with E-state index in [4.69, 9.17) is 4.74 Å². The Balaban J connectivity index is 2.14. The van der Waals surface area contributed by atoms with Crippen molar-refractivity contribution in [2.24, 2.45) is 0 Å². The number of carbonyl (C=O) groups excluding carboxylic acids is 2. The van der Waals surface area contributed by atoms with Crippen molar-refractivity contribution in [3.63, 3.8) is 0 Å². The van der Waals surface area contributed by atoms with Crippen LogP contribution in [0.4, 0.5) is 4.39 Å². The fourth-order valence-corrected chi connectivity index (χ4v) is 4.24. The first kappa shape index (κ1) is 25.7. The smallest absolute Gasteiger partial charge is 0.242 e. The number of benzene rings is 2. The molecule has 0 spiro atoms. The molecule has 0 aliphatic carbocycles. The molecule has 0 radical (unpaired) electrons. The second-order valence-corrected chi connectivity index (χ2v) is 8.51. The van der Waals surface area contributed by atoms with Crippen LogP contribution in [0, 0.1) is 5.82 Å². The number of unbranched alkanes of at least 4 members (excludes halogenated alkanes) is 1. The summed E-state index contributed by atoms with van der Waals surface area (Å²) in [7, 11) is 1.59. The van der Waals surface area contributed by atoms with Crippen LogP contribution in [0.3, 0.4) is 0 Å². The Bertz CT molecular complexity index is 878. The molecule has 5 nitrogen and oxygen atoms in total. The minimum Gasteiger partial charge on any atom is -0.497 e. The number of ether oxygens (including phenoxy) is 1. The molecule has 0 aliphatic rings. The van der Waals surface area contributed by atoms with Crippen LogP contribution in [0.5, 0.6) is 5.75 Å². The van der Waals surface area contributed by atoms with Crippen molar-refractivity contribution < 1.29 is 18.7 Å². The molecule has 7 heteroatoms. The Labute approximate surface area is 194 Å². The zero-order valence-corrected chi connectivity index (χ0v) is 19.9. The summed E-state index contributed by atoms with van der Waals surface area (Å²) in [6, 6.07) is 13.5. The van der Waals surface area contributed by atoms with Gasteiger partial charge in [-0.05, 0) is 42.2 Å². The van der Waals surface area contributed by atoms with Gasteiger partial charge in [0.1, 0.15) is 17.6 Å². The van der Waals surface area contributed by atoms with Crippen molar-refractivity contribution in [3.8, 4) is 5.75 Å². The number of hydrogen-bond acceptors (Lipinski definition) is 4. The summed E-state index contributed by atoms with van der Waals surface area (Å²) in [6.07, 6.45) is 2.38. The van der Waals surface area contributed by atoms with Crippen LogP contribution < -0.4 is 10.1 Å². The van der Waals surface area contributed by atoms with Crippen LogP contribution in [0.25, 0.3) is 0 Å². The van der Waals surface area contributed by atoms with E-state index in [2.05, 4.69) is 12.2 Å². The van der Waals surface area contributed by atoms with Gasteiger partial charge in [-0.15, -0.1) is 11.8 Å². The zero-order valence-electron chi connectivity index (χ0n) is 19.1. The van der Waals surface area contributed by atoms with E-state index in [1.165, 1.54) is 17.8 Å². The molecule has 0 fully saturated rings. The van der Waals surface area contributed by atoms with Crippen molar-refractivity contribution in [1.29, 1.82) is 0 Å². The normalized spacial score (nSPS) is 11.6. The molecular weight excluding hydrogens is 427 g/mol. The molecule has 32 heavy (non-hydrogen) atoms. The third-order valence-corrected chi connectivity index (χ3v) is 6.11. The highest BCUT2D eigenvalue weighted by Crippen LogP contribution is 2.20. The van der Waals surface area contributed by atoms with Crippen molar-refractivity contribution in [1.82, 2.24) is 10.2 Å². The minimum absolute atomic E-state index is 0.142. The largest absolute Gasteiger partial charge is 0.497 e. The molecule has 0 bridgehead atoms.